The summed E-state index contributed by atoms with van der Waals surface area (Å²) in [5, 5.41) is 1.93. The molecule has 0 aliphatic heterocycles. The Morgan fingerprint density at radius 3 is 1.84 bits per heavy atom. The highest BCUT2D eigenvalue weighted by molar-refractivity contribution is 7.19. The molecule has 6 aromatic rings. The summed E-state index contributed by atoms with van der Waals surface area (Å²) >= 11 is 1.60. The molecular weight excluding hydrogens is 474 g/mol. The lowest BCUT2D eigenvalue weighted by Crippen LogP contribution is -1.99. The van der Waals surface area contributed by atoms with Crippen molar-refractivity contribution in [1.82, 2.24) is 4.57 Å². The average Bonchev–Trinajstić information content (AvgIpc) is 3.55. The molecule has 4 aromatic carbocycles. The van der Waals surface area contributed by atoms with E-state index in [9.17, 15) is 9.59 Å². The third-order valence-electron chi connectivity index (χ3n) is 7.19. The third-order valence-corrected chi connectivity index (χ3v) is 8.21. The Kier molecular flexibility index (Phi) is 4.85. The highest BCUT2D eigenvalue weighted by Crippen LogP contribution is 2.37. The number of hydrogen-bond acceptors (Lipinski definition) is 3. The summed E-state index contributed by atoms with van der Waals surface area (Å²) in [6.07, 6.45) is 1.76. The molecule has 0 unspecified atom stereocenters. The molecule has 0 spiro atoms. The number of rotatable bonds is 3. The molecular formula is C33H21NO2S. The first-order valence-electron chi connectivity index (χ1n) is 12.2. The summed E-state index contributed by atoms with van der Waals surface area (Å²) < 4.78 is 3.29. The van der Waals surface area contributed by atoms with Crippen LogP contribution in [0.2, 0.25) is 0 Å². The van der Waals surface area contributed by atoms with Crippen LogP contribution >= 0.6 is 11.3 Å². The van der Waals surface area contributed by atoms with E-state index in [4.69, 9.17) is 0 Å². The van der Waals surface area contributed by atoms with Crippen LogP contribution in [0.1, 0.15) is 25.6 Å². The second-order valence-corrected chi connectivity index (χ2v) is 10.5. The van der Waals surface area contributed by atoms with Gasteiger partial charge in [0, 0.05) is 28.7 Å². The monoisotopic (exact) mass is 495 g/mol. The minimum absolute atomic E-state index is 0.192. The van der Waals surface area contributed by atoms with E-state index in [1.165, 1.54) is 11.1 Å². The van der Waals surface area contributed by atoms with E-state index in [2.05, 4.69) is 72.3 Å². The van der Waals surface area contributed by atoms with E-state index in [0.29, 0.717) is 11.1 Å². The maximum atomic E-state index is 13.2. The number of ketones is 2. The van der Waals surface area contributed by atoms with Gasteiger partial charge in [0.05, 0.1) is 15.8 Å². The van der Waals surface area contributed by atoms with Gasteiger partial charge in [0.25, 0.3) is 0 Å². The number of hydrogen-bond donors (Lipinski definition) is 0. The fourth-order valence-corrected chi connectivity index (χ4v) is 6.30. The standard InChI is InChI=1S/C33H21NO2S/c1-34-29(22-13-11-21(12-14-22)20-7-3-2-4-8-20)19-31-30(34)18-25(37-31)17-28-32(35)26-15-23-9-5-6-10-24(23)16-27(26)33(28)36/h2-19H,1H3. The first-order chi connectivity index (χ1) is 18.1. The molecule has 37 heavy (non-hydrogen) atoms. The van der Waals surface area contributed by atoms with E-state index in [0.717, 1.165) is 37.1 Å². The van der Waals surface area contributed by atoms with E-state index in [-0.39, 0.29) is 17.1 Å². The number of benzene rings is 4. The number of thiophene rings is 1. The van der Waals surface area contributed by atoms with Gasteiger partial charge in [-0.15, -0.1) is 11.3 Å². The number of allylic oxidation sites excluding steroid dienone is 1. The minimum Gasteiger partial charge on any atom is -0.343 e. The number of fused-ring (bicyclic) bond motifs is 3. The number of nitrogens with zero attached hydrogens (tertiary/aromatic N) is 1. The molecule has 0 saturated carbocycles. The van der Waals surface area contributed by atoms with E-state index in [1.807, 2.05) is 42.5 Å². The predicted octanol–water partition coefficient (Wildman–Crippen LogP) is 8.19. The quantitative estimate of drug-likeness (QED) is 0.183. The van der Waals surface area contributed by atoms with E-state index < -0.39 is 0 Å². The average molecular weight is 496 g/mol. The van der Waals surface area contributed by atoms with E-state index in [1.54, 1.807) is 17.4 Å². The van der Waals surface area contributed by atoms with Crippen molar-refractivity contribution in [1.29, 1.82) is 0 Å². The van der Waals surface area contributed by atoms with Gasteiger partial charge in [0.15, 0.2) is 11.6 Å². The number of aromatic nitrogens is 1. The number of carbonyl (C=O) groups excluding carboxylic acids is 2. The lowest BCUT2D eigenvalue weighted by Gasteiger charge is -2.06. The Morgan fingerprint density at radius 1 is 0.649 bits per heavy atom. The summed E-state index contributed by atoms with van der Waals surface area (Å²) in [4.78, 5) is 27.2. The van der Waals surface area contributed by atoms with Gasteiger partial charge in [-0.1, -0.05) is 78.9 Å². The molecule has 0 bridgehead atoms. The van der Waals surface area contributed by atoms with Gasteiger partial charge in [-0.2, -0.15) is 0 Å². The van der Waals surface area contributed by atoms with Gasteiger partial charge in [0.1, 0.15) is 0 Å². The van der Waals surface area contributed by atoms with Gasteiger partial charge < -0.3 is 4.57 Å². The van der Waals surface area contributed by atoms with Crippen molar-refractivity contribution < 1.29 is 9.59 Å². The zero-order chi connectivity index (χ0) is 25.1. The largest absolute Gasteiger partial charge is 0.343 e. The molecule has 7 rings (SSSR count). The second-order valence-electron chi connectivity index (χ2n) is 9.39. The van der Waals surface area contributed by atoms with Gasteiger partial charge in [-0.25, -0.2) is 0 Å². The molecule has 1 aliphatic carbocycles. The van der Waals surface area contributed by atoms with Crippen molar-refractivity contribution in [2.75, 3.05) is 0 Å². The van der Waals surface area contributed by atoms with Gasteiger partial charge in [0.2, 0.25) is 0 Å². The van der Waals surface area contributed by atoms with Crippen molar-refractivity contribution in [3.05, 3.63) is 125 Å². The molecule has 0 saturated heterocycles. The zero-order valence-electron chi connectivity index (χ0n) is 20.1. The summed E-state index contributed by atoms with van der Waals surface area (Å²) in [6, 6.07) is 34.7. The maximum Gasteiger partial charge on any atom is 0.197 e. The molecule has 1 aliphatic rings. The van der Waals surface area contributed by atoms with Gasteiger partial charge in [-0.3, -0.25) is 9.59 Å². The minimum atomic E-state index is -0.192. The van der Waals surface area contributed by atoms with Crippen LogP contribution in [-0.4, -0.2) is 16.1 Å². The number of aryl methyl sites for hydroxylation is 1. The van der Waals surface area contributed by atoms with Crippen LogP contribution in [-0.2, 0) is 7.05 Å². The zero-order valence-corrected chi connectivity index (χ0v) is 20.9. The molecule has 0 N–H and O–H groups in total. The Morgan fingerprint density at radius 2 is 1.22 bits per heavy atom. The van der Waals surface area contributed by atoms with Crippen molar-refractivity contribution in [3.63, 3.8) is 0 Å². The lowest BCUT2D eigenvalue weighted by molar-refractivity contribution is 0.0990. The summed E-state index contributed by atoms with van der Waals surface area (Å²) in [5.41, 5.74) is 6.99. The fraction of sp³-hybridized carbons (Fsp3) is 0.0303. The van der Waals surface area contributed by atoms with Crippen LogP contribution in [0.3, 0.4) is 0 Å². The highest BCUT2D eigenvalue weighted by Gasteiger charge is 2.33. The Balaban J connectivity index is 1.22. The third kappa shape index (κ3) is 3.49. The van der Waals surface area contributed by atoms with Crippen molar-refractivity contribution in [3.8, 4) is 22.4 Å². The van der Waals surface area contributed by atoms with Crippen LogP contribution < -0.4 is 0 Å². The molecule has 3 nitrogen and oxygen atoms in total. The molecule has 0 atom stereocenters. The molecule has 0 fully saturated rings. The summed E-state index contributed by atoms with van der Waals surface area (Å²) in [7, 11) is 2.06. The summed E-state index contributed by atoms with van der Waals surface area (Å²) in [5.74, 6) is -0.384. The van der Waals surface area contributed by atoms with Crippen LogP contribution in [0.4, 0.5) is 0 Å². The highest BCUT2D eigenvalue weighted by atomic mass is 32.1. The number of Topliss-reactive ketones (excluding diaryl/α,β-unsaturated/α-hetero) is 2. The Labute approximate surface area is 217 Å². The first kappa shape index (κ1) is 21.7. The van der Waals surface area contributed by atoms with Crippen LogP contribution in [0.5, 0.6) is 0 Å². The topological polar surface area (TPSA) is 39.1 Å². The van der Waals surface area contributed by atoms with Gasteiger partial charge in [-0.05, 0) is 57.8 Å². The maximum absolute atomic E-state index is 13.2. The smallest absolute Gasteiger partial charge is 0.197 e. The lowest BCUT2D eigenvalue weighted by atomic mass is 10.0. The molecule has 2 heterocycles. The second kappa shape index (κ2) is 8.26. The molecule has 0 amide bonds. The van der Waals surface area contributed by atoms with Crippen molar-refractivity contribution >= 4 is 50.0 Å². The predicted molar refractivity (Wildman–Crippen MR) is 152 cm³/mol. The van der Waals surface area contributed by atoms with Crippen LogP contribution in [0.25, 0.3) is 49.4 Å². The molecule has 176 valence electrons. The van der Waals surface area contributed by atoms with Gasteiger partial charge >= 0.3 is 0 Å². The molecule has 4 heteroatoms. The number of carbonyl (C=O) groups is 2. The van der Waals surface area contributed by atoms with Crippen molar-refractivity contribution in [2.24, 2.45) is 7.05 Å². The fourth-order valence-electron chi connectivity index (χ4n) is 5.23. The van der Waals surface area contributed by atoms with Crippen LogP contribution in [0, 0.1) is 0 Å². The SMILES string of the molecule is Cn1c(-c2ccc(-c3ccccc3)cc2)cc2sc(C=C3C(=O)c4cc5ccccc5cc4C3=O)cc21. The van der Waals surface area contributed by atoms with Crippen LogP contribution in [0.15, 0.2) is 109 Å². The molecule has 0 radical (unpaired) electrons. The van der Waals surface area contributed by atoms with E-state index >= 15 is 0 Å². The normalized spacial score (nSPS) is 13.1. The Hall–Kier alpha value is -4.54. The summed E-state index contributed by atoms with van der Waals surface area (Å²) in [6.45, 7) is 0. The first-order valence-corrected chi connectivity index (χ1v) is 13.0. The Bertz CT molecular complexity index is 1850. The van der Waals surface area contributed by atoms with Crippen molar-refractivity contribution in [2.45, 2.75) is 0 Å². The molecule has 2 aromatic heterocycles.